The third kappa shape index (κ3) is 3.57. The predicted octanol–water partition coefficient (Wildman–Crippen LogP) is 4.56. The first kappa shape index (κ1) is 20.0. The average Bonchev–Trinajstić information content (AvgIpc) is 3.75. The van der Waals surface area contributed by atoms with E-state index in [0.717, 1.165) is 42.2 Å². The van der Waals surface area contributed by atoms with E-state index in [9.17, 15) is 14.8 Å². The quantitative estimate of drug-likeness (QED) is 0.476. The van der Waals surface area contributed by atoms with E-state index in [1.54, 1.807) is 16.8 Å². The molecule has 0 radical (unpaired) electrons. The van der Waals surface area contributed by atoms with Crippen molar-refractivity contribution in [2.75, 3.05) is 0 Å². The van der Waals surface area contributed by atoms with Crippen LogP contribution in [0.1, 0.15) is 42.6 Å². The summed E-state index contributed by atoms with van der Waals surface area (Å²) in [5, 5.41) is 30.2. The molecule has 0 unspecified atom stereocenters. The van der Waals surface area contributed by atoms with Gasteiger partial charge in [0.1, 0.15) is 28.9 Å². The zero-order chi connectivity index (χ0) is 22.6. The van der Waals surface area contributed by atoms with Crippen LogP contribution in [-0.4, -0.2) is 25.1 Å². The SMILES string of the molecule is N#Cc1cc(-c2cccc(F)c2)c2ccc(Cn3cc(C(O)(C4CC4)C4CC4)nn3)cc2n1. The highest BCUT2D eigenvalue weighted by molar-refractivity contribution is 5.95. The Hall–Kier alpha value is -3.63. The third-order valence-electron chi connectivity index (χ3n) is 6.82. The lowest BCUT2D eigenvalue weighted by molar-refractivity contribution is -0.0144. The molecule has 6 rings (SSSR count). The van der Waals surface area contributed by atoms with Crippen molar-refractivity contribution in [3.05, 3.63) is 77.5 Å². The second-order valence-electron chi connectivity index (χ2n) is 9.20. The molecule has 0 saturated heterocycles. The summed E-state index contributed by atoms with van der Waals surface area (Å²) in [6, 6.07) is 16.0. The molecule has 2 saturated carbocycles. The molecular formula is C26H22FN5O. The first-order chi connectivity index (χ1) is 16.0. The topological polar surface area (TPSA) is 87.6 Å². The fraction of sp³-hybridized carbons (Fsp3) is 0.308. The largest absolute Gasteiger partial charge is 0.383 e. The number of aliphatic hydroxyl groups is 1. The van der Waals surface area contributed by atoms with Gasteiger partial charge in [-0.3, -0.25) is 0 Å². The number of fused-ring (bicyclic) bond motifs is 1. The average molecular weight is 439 g/mol. The second-order valence-corrected chi connectivity index (χ2v) is 9.20. The van der Waals surface area contributed by atoms with Crippen LogP contribution in [0.3, 0.4) is 0 Å². The molecule has 2 fully saturated rings. The van der Waals surface area contributed by atoms with Gasteiger partial charge < -0.3 is 5.11 Å². The van der Waals surface area contributed by atoms with Crippen LogP contribution in [0.25, 0.3) is 22.0 Å². The Labute approximate surface area is 190 Å². The van der Waals surface area contributed by atoms with Gasteiger partial charge in [-0.2, -0.15) is 5.26 Å². The van der Waals surface area contributed by atoms with Crippen LogP contribution in [0, 0.1) is 29.0 Å². The normalized spacial score (nSPS) is 16.2. The number of hydrogen-bond donors (Lipinski definition) is 1. The van der Waals surface area contributed by atoms with Crippen LogP contribution in [0.15, 0.2) is 54.7 Å². The first-order valence-electron chi connectivity index (χ1n) is 11.3. The number of aromatic nitrogens is 4. The molecular weight excluding hydrogens is 417 g/mol. The molecule has 4 aromatic rings. The van der Waals surface area contributed by atoms with Gasteiger partial charge in [-0.15, -0.1) is 5.10 Å². The lowest BCUT2D eigenvalue weighted by Gasteiger charge is -2.25. The van der Waals surface area contributed by atoms with Gasteiger partial charge in [0.25, 0.3) is 0 Å². The predicted molar refractivity (Wildman–Crippen MR) is 120 cm³/mol. The molecule has 0 bridgehead atoms. The number of nitriles is 1. The summed E-state index contributed by atoms with van der Waals surface area (Å²) in [6.07, 6.45) is 6.05. The van der Waals surface area contributed by atoms with Gasteiger partial charge in [-0.1, -0.05) is 29.5 Å². The standard InChI is InChI=1S/C26H22FN5O/c27-20-3-1-2-17(11-20)23-12-21(13-28)29-24-10-16(4-9-22(23)24)14-32-15-25(30-31-32)26(33,18-5-6-18)19-7-8-19/h1-4,9-12,15,18-19,33H,5-8,14H2. The van der Waals surface area contributed by atoms with Crippen molar-refractivity contribution in [1.29, 1.82) is 5.26 Å². The van der Waals surface area contributed by atoms with E-state index in [0.29, 0.717) is 35.2 Å². The van der Waals surface area contributed by atoms with Gasteiger partial charge in [0, 0.05) is 5.39 Å². The molecule has 7 heteroatoms. The monoisotopic (exact) mass is 439 g/mol. The highest BCUT2D eigenvalue weighted by Crippen LogP contribution is 2.56. The molecule has 164 valence electrons. The maximum Gasteiger partial charge on any atom is 0.141 e. The van der Waals surface area contributed by atoms with Crippen LogP contribution in [0.4, 0.5) is 4.39 Å². The van der Waals surface area contributed by atoms with Crippen molar-refractivity contribution in [3.63, 3.8) is 0 Å². The molecule has 0 spiro atoms. The van der Waals surface area contributed by atoms with E-state index < -0.39 is 5.60 Å². The minimum Gasteiger partial charge on any atom is -0.383 e. The van der Waals surface area contributed by atoms with Crippen molar-refractivity contribution >= 4 is 10.9 Å². The Morgan fingerprint density at radius 2 is 1.88 bits per heavy atom. The summed E-state index contributed by atoms with van der Waals surface area (Å²) in [5.74, 6) is 0.267. The molecule has 33 heavy (non-hydrogen) atoms. The van der Waals surface area contributed by atoms with E-state index >= 15 is 0 Å². The first-order valence-corrected chi connectivity index (χ1v) is 11.3. The van der Waals surface area contributed by atoms with Gasteiger partial charge in [0.2, 0.25) is 0 Å². The maximum absolute atomic E-state index is 13.8. The molecule has 2 aliphatic rings. The Bertz CT molecular complexity index is 1400. The van der Waals surface area contributed by atoms with E-state index in [1.807, 2.05) is 30.5 Å². The summed E-state index contributed by atoms with van der Waals surface area (Å²) in [6.45, 7) is 0.474. The molecule has 6 nitrogen and oxygen atoms in total. The highest BCUT2D eigenvalue weighted by atomic mass is 19.1. The van der Waals surface area contributed by atoms with Gasteiger partial charge >= 0.3 is 0 Å². The van der Waals surface area contributed by atoms with Gasteiger partial charge in [-0.05, 0) is 78.5 Å². The number of pyridine rings is 1. The zero-order valence-corrected chi connectivity index (χ0v) is 17.9. The lowest BCUT2D eigenvalue weighted by atomic mass is 9.89. The smallest absolute Gasteiger partial charge is 0.141 e. The Morgan fingerprint density at radius 3 is 2.58 bits per heavy atom. The molecule has 0 aliphatic heterocycles. The van der Waals surface area contributed by atoms with Crippen LogP contribution < -0.4 is 0 Å². The summed E-state index contributed by atoms with van der Waals surface area (Å²) in [5.41, 5.74) is 3.20. The zero-order valence-electron chi connectivity index (χ0n) is 17.9. The molecule has 0 atom stereocenters. The Balaban J connectivity index is 1.34. The van der Waals surface area contributed by atoms with Crippen molar-refractivity contribution in [3.8, 4) is 17.2 Å². The van der Waals surface area contributed by atoms with E-state index in [1.165, 1.54) is 12.1 Å². The molecule has 2 heterocycles. The Morgan fingerprint density at radius 1 is 1.09 bits per heavy atom. The molecule has 2 aromatic carbocycles. The molecule has 2 aliphatic carbocycles. The van der Waals surface area contributed by atoms with Crippen LogP contribution in [0.5, 0.6) is 0 Å². The second kappa shape index (κ2) is 7.46. The lowest BCUT2D eigenvalue weighted by Crippen LogP contribution is -2.31. The molecule has 0 amide bonds. The number of halogens is 1. The third-order valence-corrected chi connectivity index (χ3v) is 6.82. The fourth-order valence-electron chi connectivity index (χ4n) is 4.87. The van der Waals surface area contributed by atoms with Crippen LogP contribution >= 0.6 is 0 Å². The van der Waals surface area contributed by atoms with E-state index in [-0.39, 0.29) is 11.5 Å². The Kier molecular flexibility index (Phi) is 4.52. The number of nitrogens with zero attached hydrogens (tertiary/aromatic N) is 5. The van der Waals surface area contributed by atoms with Crippen molar-refractivity contribution in [2.45, 2.75) is 37.8 Å². The van der Waals surface area contributed by atoms with Crippen LogP contribution in [0.2, 0.25) is 0 Å². The number of rotatable bonds is 6. The summed E-state index contributed by atoms with van der Waals surface area (Å²) in [7, 11) is 0. The minimum atomic E-state index is -0.843. The molecule has 1 N–H and O–H groups in total. The maximum atomic E-state index is 13.8. The van der Waals surface area contributed by atoms with Gasteiger partial charge in [0.15, 0.2) is 0 Å². The van der Waals surface area contributed by atoms with Crippen molar-refractivity contribution < 1.29 is 9.50 Å². The minimum absolute atomic E-state index is 0.279. The number of benzene rings is 2. The summed E-state index contributed by atoms with van der Waals surface area (Å²) >= 11 is 0. The van der Waals surface area contributed by atoms with Crippen molar-refractivity contribution in [2.24, 2.45) is 11.8 Å². The summed E-state index contributed by atoms with van der Waals surface area (Å²) < 4.78 is 15.6. The molecule has 2 aromatic heterocycles. The van der Waals surface area contributed by atoms with Crippen molar-refractivity contribution in [1.82, 2.24) is 20.0 Å². The van der Waals surface area contributed by atoms with Gasteiger partial charge in [0.05, 0.1) is 18.3 Å². The van der Waals surface area contributed by atoms with Gasteiger partial charge in [-0.25, -0.2) is 14.1 Å². The summed E-state index contributed by atoms with van der Waals surface area (Å²) in [4.78, 5) is 4.47. The van der Waals surface area contributed by atoms with Crippen LogP contribution in [-0.2, 0) is 12.1 Å². The number of hydrogen-bond acceptors (Lipinski definition) is 5. The van der Waals surface area contributed by atoms with E-state index in [4.69, 9.17) is 0 Å². The fourth-order valence-corrected chi connectivity index (χ4v) is 4.87. The van der Waals surface area contributed by atoms with E-state index in [2.05, 4.69) is 21.4 Å². The highest BCUT2D eigenvalue weighted by Gasteiger charge is 2.55.